The topological polar surface area (TPSA) is 77.0 Å². The number of nitrogens with zero attached hydrogens (tertiary/aromatic N) is 1. The Hall–Kier alpha value is -2.67. The van der Waals surface area contributed by atoms with Gasteiger partial charge in [0.15, 0.2) is 6.61 Å². The lowest BCUT2D eigenvalue weighted by Gasteiger charge is -2.06. The van der Waals surface area contributed by atoms with Crippen LogP contribution in [0.15, 0.2) is 40.8 Å². The summed E-state index contributed by atoms with van der Waals surface area (Å²) in [5, 5.41) is 5.85. The highest BCUT2D eigenvalue weighted by molar-refractivity contribution is 7.11. The summed E-state index contributed by atoms with van der Waals surface area (Å²) in [7, 11) is 0. The molecule has 0 bridgehead atoms. The van der Waals surface area contributed by atoms with Crippen molar-refractivity contribution in [2.45, 2.75) is 13.8 Å². The molecule has 24 heavy (non-hydrogen) atoms. The second-order valence-electron chi connectivity index (χ2n) is 4.79. The first-order valence-corrected chi connectivity index (χ1v) is 8.24. The lowest BCUT2D eigenvalue weighted by Crippen LogP contribution is -2.24. The molecule has 0 radical (unpaired) electrons. The number of benzene rings is 1. The quantitative estimate of drug-likeness (QED) is 0.475. The zero-order valence-corrected chi connectivity index (χ0v) is 14.3. The van der Waals surface area contributed by atoms with Crippen LogP contribution in [0, 0.1) is 6.92 Å². The first kappa shape index (κ1) is 17.7. The van der Waals surface area contributed by atoms with E-state index in [4.69, 9.17) is 9.47 Å². The average molecular weight is 346 g/mol. The number of hydrogen-bond acceptors (Lipinski definition) is 6. The maximum atomic E-state index is 11.7. The first-order chi connectivity index (χ1) is 11.6. The minimum atomic E-state index is -0.389. The van der Waals surface area contributed by atoms with Crippen LogP contribution in [0.4, 0.5) is 0 Å². The molecule has 2 aromatic rings. The summed E-state index contributed by atoms with van der Waals surface area (Å²) >= 11 is 1.55. The van der Waals surface area contributed by atoms with Gasteiger partial charge in [-0.1, -0.05) is 0 Å². The number of esters is 1. The van der Waals surface area contributed by atoms with Crippen molar-refractivity contribution in [3.8, 4) is 5.75 Å². The molecule has 1 aromatic carbocycles. The SMILES string of the molecule is CCOC(=O)c1ccc(OCC(=O)NN=Cc2sccc2C)cc1. The third-order valence-electron chi connectivity index (χ3n) is 3.01. The number of thiophene rings is 1. The van der Waals surface area contributed by atoms with Crippen molar-refractivity contribution in [2.75, 3.05) is 13.2 Å². The summed E-state index contributed by atoms with van der Waals surface area (Å²) < 4.78 is 10.2. The van der Waals surface area contributed by atoms with Gasteiger partial charge in [0, 0.05) is 4.88 Å². The number of nitrogens with one attached hydrogen (secondary N) is 1. The van der Waals surface area contributed by atoms with Crippen LogP contribution in [-0.4, -0.2) is 31.3 Å². The molecule has 1 N–H and O–H groups in total. The summed E-state index contributed by atoms with van der Waals surface area (Å²) in [4.78, 5) is 24.2. The van der Waals surface area contributed by atoms with Gasteiger partial charge in [-0.15, -0.1) is 11.3 Å². The molecule has 0 saturated heterocycles. The molecule has 2 rings (SSSR count). The second kappa shape index (κ2) is 8.83. The van der Waals surface area contributed by atoms with Gasteiger partial charge in [0.25, 0.3) is 5.91 Å². The number of carbonyl (C=O) groups excluding carboxylic acids is 2. The molecule has 126 valence electrons. The minimum absolute atomic E-state index is 0.167. The lowest BCUT2D eigenvalue weighted by molar-refractivity contribution is -0.123. The Bertz CT molecular complexity index is 722. The van der Waals surface area contributed by atoms with Crippen LogP contribution in [-0.2, 0) is 9.53 Å². The molecule has 0 atom stereocenters. The third kappa shape index (κ3) is 5.20. The van der Waals surface area contributed by atoms with Crippen molar-refractivity contribution in [1.29, 1.82) is 0 Å². The monoisotopic (exact) mass is 346 g/mol. The molecule has 7 heteroatoms. The largest absolute Gasteiger partial charge is 0.484 e. The molecule has 0 spiro atoms. The molecule has 1 heterocycles. The maximum absolute atomic E-state index is 11.7. The number of amides is 1. The Morgan fingerprint density at radius 1 is 1.25 bits per heavy atom. The van der Waals surface area contributed by atoms with Crippen molar-refractivity contribution in [2.24, 2.45) is 5.10 Å². The van der Waals surface area contributed by atoms with Gasteiger partial charge >= 0.3 is 5.97 Å². The standard InChI is InChI=1S/C17H18N2O4S/c1-3-22-17(21)13-4-6-14(7-5-13)23-11-16(20)19-18-10-15-12(2)8-9-24-15/h4-10H,3,11H2,1-2H3,(H,19,20). The number of rotatable bonds is 7. The predicted octanol–water partition coefficient (Wildman–Crippen LogP) is 2.76. The fraction of sp³-hybridized carbons (Fsp3) is 0.235. The van der Waals surface area contributed by atoms with E-state index >= 15 is 0 Å². The molecule has 0 fully saturated rings. The van der Waals surface area contributed by atoms with Crippen LogP contribution in [0.5, 0.6) is 5.75 Å². The van der Waals surface area contributed by atoms with Gasteiger partial charge in [0.05, 0.1) is 18.4 Å². The van der Waals surface area contributed by atoms with Gasteiger partial charge in [-0.05, 0) is 55.1 Å². The summed E-state index contributed by atoms with van der Waals surface area (Å²) in [5.74, 6) is -0.272. The van der Waals surface area contributed by atoms with Gasteiger partial charge < -0.3 is 9.47 Å². The molecular weight excluding hydrogens is 328 g/mol. The fourth-order valence-electron chi connectivity index (χ4n) is 1.76. The maximum Gasteiger partial charge on any atom is 0.338 e. The van der Waals surface area contributed by atoms with E-state index in [1.54, 1.807) is 48.7 Å². The highest BCUT2D eigenvalue weighted by Crippen LogP contribution is 2.13. The Labute approximate surface area is 144 Å². The average Bonchev–Trinajstić information content (AvgIpc) is 2.99. The van der Waals surface area contributed by atoms with E-state index in [0.29, 0.717) is 17.9 Å². The molecule has 6 nitrogen and oxygen atoms in total. The van der Waals surface area contributed by atoms with Gasteiger partial charge in [-0.2, -0.15) is 5.10 Å². The summed E-state index contributed by atoms with van der Waals surface area (Å²) in [6.07, 6.45) is 1.60. The van der Waals surface area contributed by atoms with Gasteiger partial charge in [0.1, 0.15) is 5.75 Å². The van der Waals surface area contributed by atoms with Crippen molar-refractivity contribution < 1.29 is 19.1 Å². The van der Waals surface area contributed by atoms with Gasteiger partial charge in [-0.25, -0.2) is 10.2 Å². The van der Waals surface area contributed by atoms with Crippen molar-refractivity contribution in [3.63, 3.8) is 0 Å². The minimum Gasteiger partial charge on any atom is -0.484 e. The molecule has 0 unspecified atom stereocenters. The molecule has 0 saturated carbocycles. The molecule has 0 aliphatic carbocycles. The Balaban J connectivity index is 1.78. The number of ether oxygens (including phenoxy) is 2. The Morgan fingerprint density at radius 2 is 2.00 bits per heavy atom. The second-order valence-corrected chi connectivity index (χ2v) is 5.74. The van der Waals surface area contributed by atoms with Crippen LogP contribution >= 0.6 is 11.3 Å². The zero-order valence-electron chi connectivity index (χ0n) is 13.4. The summed E-state index contributed by atoms with van der Waals surface area (Å²) in [6.45, 7) is 3.88. The Morgan fingerprint density at radius 3 is 2.62 bits per heavy atom. The number of hydrazone groups is 1. The molecule has 1 aromatic heterocycles. The molecular formula is C17H18N2O4S. The predicted molar refractivity (Wildman–Crippen MR) is 92.7 cm³/mol. The van der Waals surface area contributed by atoms with E-state index in [9.17, 15) is 9.59 Å². The van der Waals surface area contributed by atoms with E-state index < -0.39 is 0 Å². The van der Waals surface area contributed by atoms with Crippen LogP contribution in [0.1, 0.15) is 27.7 Å². The highest BCUT2D eigenvalue weighted by atomic mass is 32.1. The van der Waals surface area contributed by atoms with Crippen LogP contribution in [0.25, 0.3) is 0 Å². The van der Waals surface area contributed by atoms with Crippen LogP contribution in [0.3, 0.4) is 0 Å². The van der Waals surface area contributed by atoms with Crippen molar-refractivity contribution >= 4 is 29.4 Å². The Kier molecular flexibility index (Phi) is 6.51. The molecule has 0 aliphatic heterocycles. The smallest absolute Gasteiger partial charge is 0.338 e. The number of aryl methyl sites for hydroxylation is 1. The van der Waals surface area contributed by atoms with Gasteiger partial charge in [0.2, 0.25) is 0 Å². The number of hydrogen-bond donors (Lipinski definition) is 1. The van der Waals surface area contributed by atoms with E-state index in [1.807, 2.05) is 18.4 Å². The van der Waals surface area contributed by atoms with Crippen LogP contribution in [0.2, 0.25) is 0 Å². The van der Waals surface area contributed by atoms with E-state index in [0.717, 1.165) is 10.4 Å². The normalized spacial score (nSPS) is 10.6. The fourth-order valence-corrected chi connectivity index (χ4v) is 2.55. The highest BCUT2D eigenvalue weighted by Gasteiger charge is 2.07. The van der Waals surface area contributed by atoms with E-state index in [2.05, 4.69) is 10.5 Å². The molecule has 1 amide bonds. The van der Waals surface area contributed by atoms with Crippen LogP contribution < -0.4 is 10.2 Å². The van der Waals surface area contributed by atoms with E-state index in [1.165, 1.54) is 0 Å². The van der Waals surface area contributed by atoms with Crippen molar-refractivity contribution in [1.82, 2.24) is 5.43 Å². The van der Waals surface area contributed by atoms with Crippen molar-refractivity contribution in [3.05, 3.63) is 51.7 Å². The summed E-state index contributed by atoms with van der Waals surface area (Å²) in [5.41, 5.74) is 3.94. The number of carbonyl (C=O) groups is 2. The van der Waals surface area contributed by atoms with Gasteiger partial charge in [-0.3, -0.25) is 4.79 Å². The zero-order chi connectivity index (χ0) is 17.4. The first-order valence-electron chi connectivity index (χ1n) is 7.36. The summed E-state index contributed by atoms with van der Waals surface area (Å²) in [6, 6.07) is 8.37. The third-order valence-corrected chi connectivity index (χ3v) is 3.96. The molecule has 0 aliphatic rings. The lowest BCUT2D eigenvalue weighted by atomic mass is 10.2. The van der Waals surface area contributed by atoms with E-state index in [-0.39, 0.29) is 18.5 Å².